The van der Waals surface area contributed by atoms with E-state index in [9.17, 15) is 0 Å². The van der Waals surface area contributed by atoms with Crippen LogP contribution in [0.3, 0.4) is 0 Å². The van der Waals surface area contributed by atoms with Crippen LogP contribution in [0.25, 0.3) is 10.2 Å². The molecule has 0 radical (unpaired) electrons. The molecule has 0 aliphatic carbocycles. The molecule has 0 bridgehead atoms. The summed E-state index contributed by atoms with van der Waals surface area (Å²) in [5.41, 5.74) is 1.26. The monoisotopic (exact) mass is 298 g/mol. The average Bonchev–Trinajstić information content (AvgIpc) is 2.83. The molecule has 1 aromatic heterocycles. The smallest absolute Gasteiger partial charge is 0.397 e. The maximum Gasteiger partial charge on any atom is 0.436 e. The average molecular weight is 298 g/mol. The van der Waals surface area contributed by atoms with E-state index in [1.54, 1.807) is 11.3 Å². The highest BCUT2D eigenvalue weighted by Gasteiger charge is 2.22. The fourth-order valence-electron chi connectivity index (χ4n) is 2.28. The number of hydrogen-bond donors (Lipinski definition) is 0. The van der Waals surface area contributed by atoms with E-state index in [2.05, 4.69) is 42.7 Å². The van der Waals surface area contributed by atoms with Crippen molar-refractivity contribution in [1.29, 1.82) is 0 Å². The van der Waals surface area contributed by atoms with E-state index in [0.29, 0.717) is 5.92 Å². The van der Waals surface area contributed by atoms with Crippen LogP contribution in [0.15, 0.2) is 54.6 Å². The number of aromatic nitrogens is 1. The lowest BCUT2D eigenvalue weighted by Gasteiger charge is -2.03. The third-order valence-corrected chi connectivity index (χ3v) is 4.50. The summed E-state index contributed by atoms with van der Waals surface area (Å²) in [7, 11) is 0. The molecule has 0 saturated heterocycles. The Morgan fingerprint density at radius 2 is 1.71 bits per heavy atom. The number of nitrogens with zero attached hydrogens (tertiary/aromatic N) is 1. The van der Waals surface area contributed by atoms with Crippen molar-refractivity contribution in [2.45, 2.75) is 26.8 Å². The summed E-state index contributed by atoms with van der Waals surface area (Å²) in [6.45, 7) is 5.50. The van der Waals surface area contributed by atoms with Gasteiger partial charge in [-0.3, -0.25) is 0 Å². The van der Waals surface area contributed by atoms with Gasteiger partial charge in [0.05, 0.1) is 0 Å². The first kappa shape index (κ1) is 14.1. The number of para-hydroxylation sites is 2. The topological polar surface area (TPSA) is 13.1 Å². The summed E-state index contributed by atoms with van der Waals surface area (Å²) >= 11 is 1.71. The fraction of sp³-hybridized carbons (Fsp3) is 0.278. The third-order valence-electron chi connectivity index (χ3n) is 3.45. The van der Waals surface area contributed by atoms with Crippen LogP contribution in [0.4, 0.5) is 0 Å². The predicted molar refractivity (Wildman–Crippen MR) is 88.0 cm³/mol. The Morgan fingerprint density at radius 3 is 2.48 bits per heavy atom. The third kappa shape index (κ3) is 3.24. The normalized spacial score (nSPS) is 11.2. The molecule has 0 saturated carbocycles. The second-order valence-electron chi connectivity index (χ2n) is 5.58. The van der Waals surface area contributed by atoms with Crippen molar-refractivity contribution in [3.8, 4) is 10.9 Å². The Kier molecular flexibility index (Phi) is 4.20. The van der Waals surface area contributed by atoms with Gasteiger partial charge in [-0.2, -0.15) is 0 Å². The van der Waals surface area contributed by atoms with Crippen molar-refractivity contribution in [3.05, 3.63) is 54.6 Å². The lowest BCUT2D eigenvalue weighted by Crippen LogP contribution is -2.34. The Morgan fingerprint density at radius 1 is 1.00 bits per heavy atom. The molecule has 3 heteroatoms. The summed E-state index contributed by atoms with van der Waals surface area (Å²) in [5, 5.41) is 0.961. The van der Waals surface area contributed by atoms with Crippen LogP contribution in [0, 0.1) is 5.92 Å². The van der Waals surface area contributed by atoms with Crippen molar-refractivity contribution < 1.29 is 9.30 Å². The van der Waals surface area contributed by atoms with Crippen molar-refractivity contribution in [1.82, 2.24) is 0 Å². The van der Waals surface area contributed by atoms with Gasteiger partial charge in [0.1, 0.15) is 10.4 Å². The molecule has 0 N–H and O–H groups in total. The summed E-state index contributed by atoms with van der Waals surface area (Å²) in [6.07, 6.45) is 1.15. The van der Waals surface area contributed by atoms with Gasteiger partial charge in [0.2, 0.25) is 5.52 Å². The molecule has 0 aliphatic rings. The lowest BCUT2D eigenvalue weighted by molar-refractivity contribution is -0.672. The summed E-state index contributed by atoms with van der Waals surface area (Å²) < 4.78 is 9.68. The molecule has 108 valence electrons. The maximum atomic E-state index is 6.11. The Balaban J connectivity index is 1.97. The van der Waals surface area contributed by atoms with Gasteiger partial charge < -0.3 is 4.74 Å². The minimum Gasteiger partial charge on any atom is -0.397 e. The second-order valence-corrected chi connectivity index (χ2v) is 6.58. The summed E-state index contributed by atoms with van der Waals surface area (Å²) in [5.74, 6) is 1.57. The summed E-state index contributed by atoms with van der Waals surface area (Å²) in [4.78, 5) is 0. The van der Waals surface area contributed by atoms with Gasteiger partial charge in [-0.15, -0.1) is 4.57 Å². The lowest BCUT2D eigenvalue weighted by atomic mass is 10.1. The van der Waals surface area contributed by atoms with Gasteiger partial charge in [0.25, 0.3) is 0 Å². The molecule has 3 aromatic rings. The quantitative estimate of drug-likeness (QED) is 0.602. The molecule has 0 unspecified atom stereocenters. The first-order valence-corrected chi connectivity index (χ1v) is 8.20. The Labute approximate surface area is 129 Å². The first-order chi connectivity index (χ1) is 10.2. The molecule has 0 aliphatic heterocycles. The Bertz CT molecular complexity index is 718. The number of fused-ring (bicyclic) bond motifs is 1. The fourth-order valence-corrected chi connectivity index (χ4v) is 3.33. The highest BCUT2D eigenvalue weighted by molar-refractivity contribution is 7.19. The second kappa shape index (κ2) is 6.27. The largest absolute Gasteiger partial charge is 0.436 e. The van der Waals surface area contributed by atoms with Crippen LogP contribution in [0.2, 0.25) is 0 Å². The van der Waals surface area contributed by atoms with Crippen LogP contribution in [0.1, 0.15) is 20.3 Å². The van der Waals surface area contributed by atoms with Crippen molar-refractivity contribution >= 4 is 21.6 Å². The molecule has 3 rings (SSSR count). The number of benzene rings is 2. The molecule has 1 heterocycles. The van der Waals surface area contributed by atoms with Gasteiger partial charge in [-0.05, 0) is 35.5 Å². The molecule has 0 amide bonds. The van der Waals surface area contributed by atoms with Crippen LogP contribution in [-0.2, 0) is 6.54 Å². The van der Waals surface area contributed by atoms with Crippen LogP contribution in [-0.4, -0.2) is 0 Å². The van der Waals surface area contributed by atoms with Gasteiger partial charge in [-0.25, -0.2) is 0 Å². The minimum absolute atomic E-state index is 0.681. The molecule has 0 fully saturated rings. The van der Waals surface area contributed by atoms with Gasteiger partial charge >= 0.3 is 5.19 Å². The van der Waals surface area contributed by atoms with Crippen molar-refractivity contribution in [2.24, 2.45) is 5.92 Å². The van der Waals surface area contributed by atoms with Crippen LogP contribution in [0.5, 0.6) is 10.9 Å². The zero-order valence-electron chi connectivity index (χ0n) is 12.5. The zero-order chi connectivity index (χ0) is 14.7. The van der Waals surface area contributed by atoms with Gasteiger partial charge in [0.15, 0.2) is 6.54 Å². The van der Waals surface area contributed by atoms with Crippen molar-refractivity contribution in [2.75, 3.05) is 0 Å². The van der Waals surface area contributed by atoms with E-state index < -0.39 is 0 Å². The van der Waals surface area contributed by atoms with Gasteiger partial charge in [-0.1, -0.05) is 44.2 Å². The highest BCUT2D eigenvalue weighted by Crippen LogP contribution is 2.29. The maximum absolute atomic E-state index is 6.11. The van der Waals surface area contributed by atoms with Gasteiger partial charge in [0, 0.05) is 12.5 Å². The molecule has 0 atom stereocenters. The Hall–Kier alpha value is -1.87. The van der Waals surface area contributed by atoms with Crippen LogP contribution >= 0.6 is 11.3 Å². The number of hydrogen-bond acceptors (Lipinski definition) is 2. The van der Waals surface area contributed by atoms with E-state index in [1.807, 2.05) is 30.3 Å². The van der Waals surface area contributed by atoms with E-state index in [0.717, 1.165) is 23.9 Å². The molecular weight excluding hydrogens is 278 g/mol. The summed E-state index contributed by atoms with van der Waals surface area (Å²) in [6, 6.07) is 18.5. The van der Waals surface area contributed by atoms with Crippen LogP contribution < -0.4 is 9.30 Å². The number of ether oxygens (including phenoxy) is 1. The number of rotatable bonds is 5. The number of aryl methyl sites for hydroxylation is 1. The highest BCUT2D eigenvalue weighted by atomic mass is 32.1. The van der Waals surface area contributed by atoms with E-state index >= 15 is 0 Å². The molecule has 2 nitrogen and oxygen atoms in total. The molecule has 21 heavy (non-hydrogen) atoms. The molecule has 0 spiro atoms. The molecular formula is C18H20NOS+. The SMILES string of the molecule is CC(C)CC[n+]1c(Oc2ccccc2)sc2ccccc21. The first-order valence-electron chi connectivity index (χ1n) is 7.38. The standard InChI is InChI=1S/C18H20NOS/c1-14(2)12-13-19-16-10-6-7-11-17(16)21-18(19)20-15-8-4-3-5-9-15/h3-11,14H,12-13H2,1-2H3/q+1. The van der Waals surface area contributed by atoms with E-state index in [4.69, 9.17) is 4.74 Å². The number of thiazole rings is 1. The predicted octanol–water partition coefficient (Wildman–Crippen LogP) is 5.03. The minimum atomic E-state index is 0.681. The molecule has 2 aromatic carbocycles. The van der Waals surface area contributed by atoms with E-state index in [1.165, 1.54) is 10.2 Å². The zero-order valence-corrected chi connectivity index (χ0v) is 13.3. The van der Waals surface area contributed by atoms with Crippen molar-refractivity contribution in [3.63, 3.8) is 0 Å². The van der Waals surface area contributed by atoms with E-state index in [-0.39, 0.29) is 0 Å².